The summed E-state index contributed by atoms with van der Waals surface area (Å²) in [5.74, 6) is -1.21. The van der Waals surface area contributed by atoms with E-state index in [0.29, 0.717) is 28.4 Å². The zero-order valence-electron chi connectivity index (χ0n) is 18.6. The third-order valence-corrected chi connectivity index (χ3v) is 5.49. The first-order valence-electron chi connectivity index (χ1n) is 10.8. The van der Waals surface area contributed by atoms with Gasteiger partial charge < -0.3 is 19.3 Å². The van der Waals surface area contributed by atoms with E-state index >= 15 is 0 Å². The van der Waals surface area contributed by atoms with E-state index < -0.39 is 23.8 Å². The molecular formula is C26H18N2O8. The summed E-state index contributed by atoms with van der Waals surface area (Å²) in [7, 11) is 0. The van der Waals surface area contributed by atoms with E-state index in [0.717, 1.165) is 4.90 Å². The highest BCUT2D eigenvalue weighted by atomic mass is 16.7. The van der Waals surface area contributed by atoms with Crippen molar-refractivity contribution < 1.29 is 38.5 Å². The van der Waals surface area contributed by atoms with Crippen LogP contribution >= 0.6 is 0 Å². The van der Waals surface area contributed by atoms with Crippen LogP contribution in [0.3, 0.4) is 0 Å². The summed E-state index contributed by atoms with van der Waals surface area (Å²) in [6.45, 7) is 0.200. The van der Waals surface area contributed by atoms with Crippen molar-refractivity contribution in [3.63, 3.8) is 0 Å². The van der Waals surface area contributed by atoms with Crippen molar-refractivity contribution in [2.75, 3.05) is 11.7 Å². The maximum absolute atomic E-state index is 13.1. The molecule has 10 heteroatoms. The van der Waals surface area contributed by atoms with Crippen LogP contribution in [0.25, 0.3) is 6.08 Å². The minimum atomic E-state index is -1.02. The monoisotopic (exact) mass is 486 g/mol. The van der Waals surface area contributed by atoms with E-state index in [9.17, 15) is 19.2 Å². The Bertz CT molecular complexity index is 1430. The average Bonchev–Trinajstić information content (AvgIpc) is 3.34. The maximum Gasteiger partial charge on any atom is 0.335 e. The van der Waals surface area contributed by atoms with Crippen LogP contribution < -0.4 is 24.4 Å². The average molecular weight is 486 g/mol. The molecule has 0 saturated carbocycles. The molecule has 180 valence electrons. The Kier molecular flexibility index (Phi) is 5.83. The maximum atomic E-state index is 13.1. The van der Waals surface area contributed by atoms with Gasteiger partial charge in [-0.3, -0.25) is 14.9 Å². The van der Waals surface area contributed by atoms with Crippen LogP contribution in [-0.2, 0) is 16.2 Å². The topological polar surface area (TPSA) is 131 Å². The van der Waals surface area contributed by atoms with E-state index in [1.807, 2.05) is 0 Å². The summed E-state index contributed by atoms with van der Waals surface area (Å²) in [4.78, 5) is 49.9. The Morgan fingerprint density at radius 1 is 1.00 bits per heavy atom. The minimum absolute atomic E-state index is 0.0387. The summed E-state index contributed by atoms with van der Waals surface area (Å²) in [6.07, 6.45) is 1.38. The van der Waals surface area contributed by atoms with Crippen molar-refractivity contribution in [2.24, 2.45) is 0 Å². The van der Waals surface area contributed by atoms with Crippen molar-refractivity contribution in [3.8, 4) is 17.2 Å². The lowest BCUT2D eigenvalue weighted by Crippen LogP contribution is -2.54. The highest BCUT2D eigenvalue weighted by Crippen LogP contribution is 2.36. The van der Waals surface area contributed by atoms with Crippen molar-refractivity contribution in [2.45, 2.75) is 6.61 Å². The van der Waals surface area contributed by atoms with E-state index in [4.69, 9.17) is 19.3 Å². The number of amides is 4. The van der Waals surface area contributed by atoms with E-state index in [2.05, 4.69) is 5.32 Å². The molecule has 3 aromatic rings. The van der Waals surface area contributed by atoms with Gasteiger partial charge in [0.2, 0.25) is 6.79 Å². The van der Waals surface area contributed by atoms with Gasteiger partial charge in [0.25, 0.3) is 11.8 Å². The Hall–Kier alpha value is -5.12. The number of imide groups is 2. The summed E-state index contributed by atoms with van der Waals surface area (Å²) in [5, 5.41) is 11.3. The lowest BCUT2D eigenvalue weighted by molar-refractivity contribution is -0.122. The smallest absolute Gasteiger partial charge is 0.335 e. The number of carbonyl (C=O) groups is 4. The van der Waals surface area contributed by atoms with Gasteiger partial charge in [0.1, 0.15) is 17.9 Å². The number of carboxylic acids is 1. The molecule has 0 atom stereocenters. The van der Waals surface area contributed by atoms with E-state index in [1.165, 1.54) is 30.3 Å². The third kappa shape index (κ3) is 4.47. The largest absolute Gasteiger partial charge is 0.489 e. The van der Waals surface area contributed by atoms with Crippen molar-refractivity contribution in [3.05, 3.63) is 89.0 Å². The van der Waals surface area contributed by atoms with Crippen molar-refractivity contribution in [1.29, 1.82) is 0 Å². The summed E-state index contributed by atoms with van der Waals surface area (Å²) in [5.41, 5.74) is 1.41. The summed E-state index contributed by atoms with van der Waals surface area (Å²) in [6, 6.07) is 16.8. The van der Waals surface area contributed by atoms with Crippen LogP contribution in [0.1, 0.15) is 21.5 Å². The molecule has 0 radical (unpaired) electrons. The van der Waals surface area contributed by atoms with Crippen LogP contribution in [0.2, 0.25) is 0 Å². The summed E-state index contributed by atoms with van der Waals surface area (Å²) < 4.78 is 16.3. The van der Waals surface area contributed by atoms with Gasteiger partial charge in [-0.1, -0.05) is 24.3 Å². The van der Waals surface area contributed by atoms with Crippen LogP contribution in [0, 0.1) is 0 Å². The van der Waals surface area contributed by atoms with Crippen LogP contribution in [0.4, 0.5) is 10.5 Å². The van der Waals surface area contributed by atoms with Gasteiger partial charge in [0, 0.05) is 6.07 Å². The standard InChI is InChI=1S/C26H18N2O8/c29-23-20(24(30)28(26(33)27-23)18-6-9-21-22(12-18)36-14-35-21)11-15-4-7-19(8-5-15)34-13-16-2-1-3-17(10-16)25(31)32/h1-12H,13-14H2,(H,31,32)(H,27,29,33)/b20-11-. The molecule has 0 unspecified atom stereocenters. The number of barbiturate groups is 1. The first kappa shape index (κ1) is 22.7. The van der Waals surface area contributed by atoms with Gasteiger partial charge in [-0.2, -0.15) is 0 Å². The number of anilines is 1. The fraction of sp³-hybridized carbons (Fsp3) is 0.0769. The molecule has 2 N–H and O–H groups in total. The molecule has 3 aromatic carbocycles. The lowest BCUT2D eigenvalue weighted by Gasteiger charge is -2.26. The number of hydrogen-bond acceptors (Lipinski definition) is 7. The molecular weight excluding hydrogens is 468 g/mol. The second-order valence-corrected chi connectivity index (χ2v) is 7.86. The Morgan fingerprint density at radius 3 is 2.56 bits per heavy atom. The Labute approximate surface area is 204 Å². The zero-order valence-corrected chi connectivity index (χ0v) is 18.6. The van der Waals surface area contributed by atoms with Gasteiger partial charge in [-0.25, -0.2) is 14.5 Å². The summed E-state index contributed by atoms with van der Waals surface area (Å²) >= 11 is 0. The number of hydrogen-bond donors (Lipinski definition) is 2. The molecule has 5 rings (SSSR count). The van der Waals surface area contributed by atoms with Gasteiger partial charge in [-0.15, -0.1) is 0 Å². The van der Waals surface area contributed by atoms with Gasteiger partial charge in [-0.05, 0) is 53.6 Å². The second kappa shape index (κ2) is 9.26. The fourth-order valence-corrected chi connectivity index (χ4v) is 3.70. The molecule has 2 heterocycles. The highest BCUT2D eigenvalue weighted by molar-refractivity contribution is 6.39. The molecule has 1 saturated heterocycles. The number of aromatic carboxylic acids is 1. The normalized spacial score (nSPS) is 15.7. The molecule has 36 heavy (non-hydrogen) atoms. The number of carbonyl (C=O) groups excluding carboxylic acids is 3. The van der Waals surface area contributed by atoms with Crippen LogP contribution in [0.15, 0.2) is 72.3 Å². The van der Waals surface area contributed by atoms with Gasteiger partial charge in [0.15, 0.2) is 11.5 Å². The molecule has 2 aliphatic heterocycles. The third-order valence-electron chi connectivity index (χ3n) is 5.49. The molecule has 4 amide bonds. The zero-order chi connectivity index (χ0) is 25.2. The van der Waals surface area contributed by atoms with Gasteiger partial charge >= 0.3 is 12.0 Å². The number of urea groups is 1. The molecule has 0 aliphatic carbocycles. The molecule has 0 spiro atoms. The van der Waals surface area contributed by atoms with Gasteiger partial charge in [0.05, 0.1) is 11.3 Å². The SMILES string of the molecule is O=C1NC(=O)N(c2ccc3c(c2)OCO3)C(=O)/C1=C\c1ccc(OCc2cccc(C(=O)O)c2)cc1. The predicted octanol–water partition coefficient (Wildman–Crippen LogP) is 3.36. The van der Waals surface area contributed by atoms with Crippen LogP contribution in [0.5, 0.6) is 17.2 Å². The lowest BCUT2D eigenvalue weighted by atomic mass is 10.1. The Morgan fingerprint density at radius 2 is 1.78 bits per heavy atom. The highest BCUT2D eigenvalue weighted by Gasteiger charge is 2.37. The first-order valence-corrected chi connectivity index (χ1v) is 10.8. The number of ether oxygens (including phenoxy) is 3. The van der Waals surface area contributed by atoms with Crippen molar-refractivity contribution >= 4 is 35.6 Å². The number of nitrogens with one attached hydrogen (secondary N) is 1. The fourth-order valence-electron chi connectivity index (χ4n) is 3.70. The number of benzene rings is 3. The van der Waals surface area contributed by atoms with E-state index in [1.54, 1.807) is 42.5 Å². The molecule has 0 bridgehead atoms. The predicted molar refractivity (Wildman–Crippen MR) is 126 cm³/mol. The minimum Gasteiger partial charge on any atom is -0.489 e. The van der Waals surface area contributed by atoms with E-state index in [-0.39, 0.29) is 30.2 Å². The second-order valence-electron chi connectivity index (χ2n) is 7.86. The molecule has 10 nitrogen and oxygen atoms in total. The number of rotatable bonds is 6. The van der Waals surface area contributed by atoms with Crippen molar-refractivity contribution in [1.82, 2.24) is 5.32 Å². The molecule has 0 aromatic heterocycles. The quantitative estimate of drug-likeness (QED) is 0.401. The molecule has 2 aliphatic rings. The number of fused-ring (bicyclic) bond motifs is 1. The molecule has 1 fully saturated rings. The number of nitrogens with zero attached hydrogens (tertiary/aromatic N) is 1. The Balaban J connectivity index is 1.32. The first-order chi connectivity index (χ1) is 17.4. The number of carboxylic acid groups (broad SMARTS) is 1. The van der Waals surface area contributed by atoms with Crippen LogP contribution in [-0.4, -0.2) is 35.7 Å².